The number of pyridine rings is 1. The molecule has 1 saturated carbocycles. The number of rotatable bonds is 8. The molecule has 1 aromatic carbocycles. The van der Waals surface area contributed by atoms with E-state index in [0.717, 1.165) is 54.9 Å². The Morgan fingerprint density at radius 2 is 1.74 bits per heavy atom. The fraction of sp³-hybridized carbons (Fsp3) is 0.467. The molecule has 5 rings (SSSR count). The number of piperazine rings is 1. The number of Topliss-reactive ketones (excluding diaryl/α,β-unsaturated/α-hetero) is 1. The van der Waals surface area contributed by atoms with Crippen LogP contribution in [0.2, 0.25) is 0 Å². The van der Waals surface area contributed by atoms with Crippen molar-refractivity contribution in [2.45, 2.75) is 57.9 Å². The number of aryl methyl sites for hydroxylation is 1. The number of methoxy groups -OCH3 is 1. The number of anilines is 1. The summed E-state index contributed by atoms with van der Waals surface area (Å²) in [6.07, 6.45) is 10.00. The predicted octanol–water partition coefficient (Wildman–Crippen LogP) is 5.07. The molecule has 0 amide bonds. The van der Waals surface area contributed by atoms with Crippen LogP contribution in [-0.4, -0.2) is 66.1 Å². The van der Waals surface area contributed by atoms with Crippen molar-refractivity contribution in [3.8, 4) is 17.1 Å². The largest absolute Gasteiger partial charge is 0.481 e. The third-order valence-corrected chi connectivity index (χ3v) is 8.68. The van der Waals surface area contributed by atoms with Gasteiger partial charge in [-0.05, 0) is 30.9 Å². The molecule has 0 unspecified atom stereocenters. The Balaban J connectivity index is 0.00000112. The van der Waals surface area contributed by atoms with Gasteiger partial charge < -0.3 is 9.64 Å². The van der Waals surface area contributed by atoms with Gasteiger partial charge in [0, 0.05) is 55.6 Å². The quantitative estimate of drug-likeness (QED) is 0.360. The van der Waals surface area contributed by atoms with Crippen molar-refractivity contribution in [3.05, 3.63) is 58.7 Å². The topological polar surface area (TPSA) is 92.7 Å². The van der Waals surface area contributed by atoms with Gasteiger partial charge in [0.05, 0.1) is 13.5 Å². The number of nitrogens with zero attached hydrogens (tertiary/aromatic N) is 4. The highest BCUT2D eigenvalue weighted by Crippen LogP contribution is 2.38. The average Bonchev–Trinajstić information content (AvgIpc) is 3.41. The van der Waals surface area contributed by atoms with Gasteiger partial charge in [-0.2, -0.15) is 9.59 Å². The highest BCUT2D eigenvalue weighted by Gasteiger charge is 2.28. The summed E-state index contributed by atoms with van der Waals surface area (Å²) in [6.45, 7) is 6.39. The molecule has 9 heteroatoms. The van der Waals surface area contributed by atoms with Crippen LogP contribution in [0, 0.1) is 0 Å². The van der Waals surface area contributed by atoms with Crippen LogP contribution in [0.25, 0.3) is 11.3 Å². The highest BCUT2D eigenvalue weighted by molar-refractivity contribution is 7.16. The molecule has 1 aliphatic heterocycles. The Labute approximate surface area is 234 Å². The summed E-state index contributed by atoms with van der Waals surface area (Å²) in [4.78, 5) is 43.7. The Morgan fingerprint density at radius 3 is 2.38 bits per heavy atom. The molecule has 1 aliphatic carbocycles. The van der Waals surface area contributed by atoms with Gasteiger partial charge in [-0.1, -0.05) is 50.5 Å². The number of ether oxygens (including phenoxy) is 1. The fourth-order valence-electron chi connectivity index (χ4n) is 5.40. The van der Waals surface area contributed by atoms with Gasteiger partial charge in [-0.3, -0.25) is 9.69 Å². The SMILES string of the molecule is CCc1ccc(-c2nc(CC(=O)c3ccnc(OC)c3)sc2N2CCN(C3CCCCC3)CC2)cc1.O=C=O. The number of hydrogen-bond donors (Lipinski definition) is 0. The maximum Gasteiger partial charge on any atom is 0.373 e. The zero-order valence-electron chi connectivity index (χ0n) is 22.7. The van der Waals surface area contributed by atoms with Crippen LogP contribution in [0.15, 0.2) is 42.6 Å². The first-order valence-corrected chi connectivity index (χ1v) is 14.5. The number of thiazole rings is 1. The molecule has 2 aromatic heterocycles. The van der Waals surface area contributed by atoms with Crippen molar-refractivity contribution >= 4 is 28.3 Å². The van der Waals surface area contributed by atoms with Gasteiger partial charge in [0.15, 0.2) is 5.78 Å². The minimum atomic E-state index is 0.0333. The van der Waals surface area contributed by atoms with Crippen molar-refractivity contribution in [1.29, 1.82) is 0 Å². The maximum absolute atomic E-state index is 13.1. The lowest BCUT2D eigenvalue weighted by Crippen LogP contribution is -2.50. The number of benzene rings is 1. The Hall–Kier alpha value is -3.39. The average molecular weight is 549 g/mol. The molecule has 3 heterocycles. The predicted molar refractivity (Wildman–Crippen MR) is 151 cm³/mol. The molecule has 206 valence electrons. The zero-order valence-corrected chi connectivity index (χ0v) is 23.5. The van der Waals surface area contributed by atoms with Crippen LogP contribution in [0.3, 0.4) is 0 Å². The van der Waals surface area contributed by atoms with Crippen molar-refractivity contribution < 1.29 is 19.1 Å². The van der Waals surface area contributed by atoms with Gasteiger partial charge in [-0.15, -0.1) is 11.3 Å². The van der Waals surface area contributed by atoms with Gasteiger partial charge in [0.25, 0.3) is 0 Å². The zero-order chi connectivity index (χ0) is 27.6. The number of ketones is 1. The van der Waals surface area contributed by atoms with Crippen LogP contribution < -0.4 is 9.64 Å². The number of aromatic nitrogens is 2. The van der Waals surface area contributed by atoms with E-state index in [9.17, 15) is 4.79 Å². The lowest BCUT2D eigenvalue weighted by atomic mass is 9.94. The lowest BCUT2D eigenvalue weighted by molar-refractivity contribution is -0.191. The van der Waals surface area contributed by atoms with Crippen molar-refractivity contribution in [1.82, 2.24) is 14.9 Å². The highest BCUT2D eigenvalue weighted by atomic mass is 32.1. The first-order valence-electron chi connectivity index (χ1n) is 13.7. The molecular weight excluding hydrogens is 512 g/mol. The molecule has 0 radical (unpaired) electrons. The monoisotopic (exact) mass is 548 g/mol. The van der Waals surface area contributed by atoms with Gasteiger partial charge >= 0.3 is 6.15 Å². The number of hydrogen-bond acceptors (Lipinski definition) is 9. The summed E-state index contributed by atoms with van der Waals surface area (Å²) in [5.74, 6) is 0.485. The van der Waals surface area contributed by atoms with E-state index in [1.807, 2.05) is 0 Å². The molecular formula is C30H36N4O4S. The third-order valence-electron chi connectivity index (χ3n) is 7.56. The van der Waals surface area contributed by atoms with E-state index in [-0.39, 0.29) is 18.4 Å². The molecule has 3 aromatic rings. The van der Waals surface area contributed by atoms with Crippen molar-refractivity contribution in [2.75, 3.05) is 38.2 Å². The number of carbonyl (C=O) groups excluding carboxylic acids is 3. The first kappa shape index (κ1) is 28.6. The molecule has 39 heavy (non-hydrogen) atoms. The molecule has 1 saturated heterocycles. The maximum atomic E-state index is 13.1. The summed E-state index contributed by atoms with van der Waals surface area (Å²) >= 11 is 1.67. The summed E-state index contributed by atoms with van der Waals surface area (Å²) in [7, 11) is 1.56. The van der Waals surface area contributed by atoms with E-state index in [2.05, 4.69) is 46.0 Å². The molecule has 8 nitrogen and oxygen atoms in total. The smallest absolute Gasteiger partial charge is 0.373 e. The van der Waals surface area contributed by atoms with E-state index < -0.39 is 0 Å². The van der Waals surface area contributed by atoms with Gasteiger partial charge in [-0.25, -0.2) is 9.97 Å². The Morgan fingerprint density at radius 1 is 1.05 bits per heavy atom. The van der Waals surface area contributed by atoms with E-state index in [1.165, 1.54) is 42.7 Å². The Kier molecular flexibility index (Phi) is 10.4. The summed E-state index contributed by atoms with van der Waals surface area (Å²) < 4.78 is 5.20. The van der Waals surface area contributed by atoms with E-state index in [4.69, 9.17) is 19.3 Å². The molecule has 0 bridgehead atoms. The van der Waals surface area contributed by atoms with Crippen LogP contribution in [0.5, 0.6) is 5.88 Å². The second kappa shape index (κ2) is 14.1. The molecule has 2 fully saturated rings. The summed E-state index contributed by atoms with van der Waals surface area (Å²) in [6, 6.07) is 12.9. The van der Waals surface area contributed by atoms with Crippen LogP contribution >= 0.6 is 11.3 Å². The fourth-order valence-corrected chi connectivity index (χ4v) is 6.54. The molecule has 2 aliphatic rings. The normalized spacial score (nSPS) is 16.2. The van der Waals surface area contributed by atoms with E-state index >= 15 is 0 Å². The molecule has 0 spiro atoms. The van der Waals surface area contributed by atoms with Crippen LogP contribution in [0.1, 0.15) is 60.0 Å². The minimum absolute atomic E-state index is 0.0333. The third kappa shape index (κ3) is 7.38. The second-order valence-corrected chi connectivity index (χ2v) is 11.0. The van der Waals surface area contributed by atoms with Crippen LogP contribution in [0.4, 0.5) is 5.00 Å². The van der Waals surface area contributed by atoms with E-state index in [1.54, 1.807) is 36.8 Å². The van der Waals surface area contributed by atoms with Crippen LogP contribution in [-0.2, 0) is 22.4 Å². The molecule has 0 N–H and O–H groups in total. The van der Waals surface area contributed by atoms with Crippen molar-refractivity contribution in [3.63, 3.8) is 0 Å². The lowest BCUT2D eigenvalue weighted by Gasteiger charge is -2.41. The number of carbonyl (C=O) groups is 1. The summed E-state index contributed by atoms with van der Waals surface area (Å²) in [5, 5.41) is 2.05. The first-order chi connectivity index (χ1) is 19.1. The van der Waals surface area contributed by atoms with Gasteiger partial charge in [0.2, 0.25) is 5.88 Å². The Bertz CT molecular complexity index is 1260. The van der Waals surface area contributed by atoms with Gasteiger partial charge in [0.1, 0.15) is 15.7 Å². The second-order valence-electron chi connectivity index (χ2n) is 9.90. The summed E-state index contributed by atoms with van der Waals surface area (Å²) in [5.41, 5.74) is 4.05. The van der Waals surface area contributed by atoms with Crippen molar-refractivity contribution in [2.24, 2.45) is 0 Å². The van der Waals surface area contributed by atoms with E-state index in [0.29, 0.717) is 11.4 Å². The minimum Gasteiger partial charge on any atom is -0.481 e. The standard InChI is InChI=1S/C29H36N4O2S.CO2/c1-3-21-9-11-22(12-10-21)28-29(33-17-15-32(16-18-33)24-7-5-4-6-8-24)36-27(31-28)20-25(34)23-13-14-30-26(19-23)35-2;2-1-3/h9-14,19,24H,3-8,15-18,20H2,1-2H3;. The molecule has 0 atom stereocenters.